The number of nitrogens with one attached hydrogen (secondary N) is 1. The zero-order valence-electron chi connectivity index (χ0n) is 19.0. The monoisotopic (exact) mass is 458 g/mol. The van der Waals surface area contributed by atoms with Crippen LogP contribution < -0.4 is 21.6 Å². The molecule has 0 radical (unpaired) electrons. The molecule has 2 aromatic rings. The fraction of sp³-hybridized carbons (Fsp3) is 0.435. The number of nitrogens with two attached hydrogens (primary N) is 2. The highest BCUT2D eigenvalue weighted by Gasteiger charge is 2.18. The molecule has 1 fully saturated rings. The van der Waals surface area contributed by atoms with E-state index in [0.29, 0.717) is 28.5 Å². The predicted molar refractivity (Wildman–Crippen MR) is 122 cm³/mol. The molecule has 0 unspecified atom stereocenters. The zero-order valence-corrected chi connectivity index (χ0v) is 19.0. The number of alkyl carbamates (subject to hydrolysis) is 1. The van der Waals surface area contributed by atoms with Crippen LogP contribution in [0, 0.1) is 12.7 Å². The molecule has 0 spiro atoms. The third-order valence-corrected chi connectivity index (χ3v) is 5.40. The topological polar surface area (TPSA) is 129 Å². The molecule has 10 heteroatoms. The number of aromatic nitrogens is 2. The van der Waals surface area contributed by atoms with E-state index in [-0.39, 0.29) is 25.0 Å². The van der Waals surface area contributed by atoms with Gasteiger partial charge in [-0.25, -0.2) is 25.0 Å². The van der Waals surface area contributed by atoms with Crippen molar-refractivity contribution in [3.8, 4) is 5.88 Å². The SMILES string of the molecule is Cc1nc(/C(N)=C(\CNC(=O)OCc2cccc(F)c2)N(C)N)cnc1OC1CCCCC1. The van der Waals surface area contributed by atoms with Crippen LogP contribution in [0.2, 0.25) is 0 Å². The first-order chi connectivity index (χ1) is 15.8. The Balaban J connectivity index is 1.62. The summed E-state index contributed by atoms with van der Waals surface area (Å²) in [4.78, 5) is 21.0. The Morgan fingerprint density at radius 1 is 1.30 bits per heavy atom. The van der Waals surface area contributed by atoms with Gasteiger partial charge >= 0.3 is 6.09 Å². The van der Waals surface area contributed by atoms with E-state index in [1.807, 2.05) is 6.92 Å². The molecule has 1 aromatic heterocycles. The Morgan fingerprint density at radius 2 is 2.06 bits per heavy atom. The maximum absolute atomic E-state index is 13.2. The van der Waals surface area contributed by atoms with Crippen molar-refractivity contribution in [3.05, 3.63) is 58.9 Å². The second kappa shape index (κ2) is 11.5. The minimum absolute atomic E-state index is 0.00186. The third-order valence-electron chi connectivity index (χ3n) is 5.40. The molecule has 3 rings (SSSR count). The van der Waals surface area contributed by atoms with Crippen LogP contribution in [0.4, 0.5) is 9.18 Å². The van der Waals surface area contributed by atoms with Crippen LogP contribution in [0.5, 0.6) is 5.88 Å². The lowest BCUT2D eigenvalue weighted by atomic mass is 9.98. The van der Waals surface area contributed by atoms with E-state index in [0.717, 1.165) is 25.7 Å². The number of halogens is 1. The maximum atomic E-state index is 13.2. The molecule has 9 nitrogen and oxygen atoms in total. The summed E-state index contributed by atoms with van der Waals surface area (Å²) in [5, 5.41) is 3.89. The van der Waals surface area contributed by atoms with Crippen molar-refractivity contribution in [3.63, 3.8) is 0 Å². The quantitative estimate of drug-likeness (QED) is 0.407. The fourth-order valence-electron chi connectivity index (χ4n) is 3.60. The van der Waals surface area contributed by atoms with Gasteiger partial charge in [0.05, 0.1) is 24.1 Å². The van der Waals surface area contributed by atoms with Gasteiger partial charge in [0, 0.05) is 7.05 Å². The van der Waals surface area contributed by atoms with E-state index >= 15 is 0 Å². The molecule has 5 N–H and O–H groups in total. The van der Waals surface area contributed by atoms with Crippen molar-refractivity contribution < 1.29 is 18.7 Å². The number of ether oxygens (including phenoxy) is 2. The Morgan fingerprint density at radius 3 is 2.73 bits per heavy atom. The van der Waals surface area contributed by atoms with Gasteiger partial charge in [0.2, 0.25) is 5.88 Å². The predicted octanol–water partition coefficient (Wildman–Crippen LogP) is 2.99. The summed E-state index contributed by atoms with van der Waals surface area (Å²) in [6.45, 7) is 1.75. The van der Waals surface area contributed by atoms with Gasteiger partial charge in [-0.15, -0.1) is 0 Å². The number of nitrogens with zero attached hydrogens (tertiary/aromatic N) is 3. The average molecular weight is 459 g/mol. The van der Waals surface area contributed by atoms with Crippen LogP contribution in [0.3, 0.4) is 0 Å². The number of carbonyl (C=O) groups is 1. The normalized spacial score (nSPS) is 14.9. The largest absolute Gasteiger partial charge is 0.473 e. The molecule has 178 valence electrons. The van der Waals surface area contributed by atoms with Crippen molar-refractivity contribution in [2.75, 3.05) is 13.6 Å². The van der Waals surface area contributed by atoms with Crippen molar-refractivity contribution in [2.24, 2.45) is 11.6 Å². The lowest BCUT2D eigenvalue weighted by Crippen LogP contribution is -2.36. The van der Waals surface area contributed by atoms with E-state index in [9.17, 15) is 9.18 Å². The number of carbonyl (C=O) groups excluding carboxylic acids is 1. The molecule has 1 heterocycles. The van der Waals surface area contributed by atoms with E-state index in [1.54, 1.807) is 19.2 Å². The first-order valence-electron chi connectivity index (χ1n) is 11.0. The van der Waals surface area contributed by atoms with Gasteiger partial charge in [0.25, 0.3) is 0 Å². The molecule has 0 saturated heterocycles. The Hall–Kier alpha value is -3.40. The van der Waals surface area contributed by atoms with Gasteiger partial charge in [-0.1, -0.05) is 18.6 Å². The van der Waals surface area contributed by atoms with Crippen LogP contribution in [0.1, 0.15) is 49.1 Å². The first-order valence-corrected chi connectivity index (χ1v) is 11.0. The Labute approximate surface area is 192 Å². The molecule has 1 aromatic carbocycles. The summed E-state index contributed by atoms with van der Waals surface area (Å²) < 4.78 is 24.4. The van der Waals surface area contributed by atoms with Gasteiger partial charge in [0.1, 0.15) is 29.9 Å². The highest BCUT2D eigenvalue weighted by molar-refractivity contribution is 5.69. The Kier molecular flexibility index (Phi) is 8.42. The minimum Gasteiger partial charge on any atom is -0.473 e. The number of aryl methyl sites for hydroxylation is 1. The molecule has 1 aliphatic carbocycles. The van der Waals surface area contributed by atoms with E-state index in [4.69, 9.17) is 21.1 Å². The van der Waals surface area contributed by atoms with Crippen molar-refractivity contribution in [1.82, 2.24) is 20.3 Å². The smallest absolute Gasteiger partial charge is 0.407 e. The lowest BCUT2D eigenvalue weighted by molar-refractivity contribution is 0.139. The van der Waals surface area contributed by atoms with Crippen LogP contribution >= 0.6 is 0 Å². The van der Waals surface area contributed by atoms with Gasteiger partial charge in [-0.3, -0.25) is 0 Å². The zero-order chi connectivity index (χ0) is 23.8. The van der Waals surface area contributed by atoms with Gasteiger partial charge < -0.3 is 25.5 Å². The molecule has 0 bridgehead atoms. The first kappa shape index (κ1) is 24.2. The van der Waals surface area contributed by atoms with E-state index in [2.05, 4.69) is 15.3 Å². The number of hydrazine groups is 1. The number of rotatable bonds is 8. The van der Waals surface area contributed by atoms with Crippen LogP contribution in [-0.2, 0) is 11.3 Å². The second-order valence-electron chi connectivity index (χ2n) is 8.05. The number of likely N-dealkylation sites (N-methyl/N-ethyl adjacent to an activating group) is 1. The number of hydrogen-bond acceptors (Lipinski definition) is 8. The molecule has 0 atom stereocenters. The molecule has 1 aliphatic rings. The van der Waals surface area contributed by atoms with Gasteiger partial charge in [0.15, 0.2) is 0 Å². The van der Waals surface area contributed by atoms with Crippen molar-refractivity contribution >= 4 is 11.8 Å². The van der Waals surface area contributed by atoms with Crippen LogP contribution in [0.15, 0.2) is 36.2 Å². The summed E-state index contributed by atoms with van der Waals surface area (Å²) in [5.41, 5.74) is 8.57. The summed E-state index contributed by atoms with van der Waals surface area (Å²) >= 11 is 0. The standard InChI is InChI=1S/C23H31FN6O3/c1-15-22(33-18-9-4-3-5-10-18)27-12-19(29-15)21(25)20(30(2)26)13-28-23(31)32-14-16-7-6-8-17(24)11-16/h6-8,11-12,18H,3-5,9-10,13-14,25-26H2,1-2H3,(H,28,31)/b21-20-. The number of benzene rings is 1. The summed E-state index contributed by atoms with van der Waals surface area (Å²) in [7, 11) is 1.60. The summed E-state index contributed by atoms with van der Waals surface area (Å²) in [5.74, 6) is 6.03. The van der Waals surface area contributed by atoms with E-state index < -0.39 is 11.9 Å². The molecule has 1 saturated carbocycles. The molecule has 1 amide bonds. The highest BCUT2D eigenvalue weighted by Crippen LogP contribution is 2.24. The molecular formula is C23H31FN6O3. The summed E-state index contributed by atoms with van der Waals surface area (Å²) in [6.07, 6.45) is 6.62. The lowest BCUT2D eigenvalue weighted by Gasteiger charge is -2.23. The Bertz CT molecular complexity index is 992. The third kappa shape index (κ3) is 7.04. The van der Waals surface area contributed by atoms with Gasteiger partial charge in [-0.05, 0) is 50.3 Å². The van der Waals surface area contributed by atoms with E-state index in [1.165, 1.54) is 29.8 Å². The average Bonchev–Trinajstić information content (AvgIpc) is 2.79. The number of hydrogen-bond donors (Lipinski definition) is 3. The van der Waals surface area contributed by atoms with Crippen molar-refractivity contribution in [2.45, 2.75) is 51.7 Å². The van der Waals surface area contributed by atoms with Crippen LogP contribution in [-0.4, -0.2) is 40.8 Å². The number of amides is 1. The second-order valence-corrected chi connectivity index (χ2v) is 8.05. The van der Waals surface area contributed by atoms with Crippen molar-refractivity contribution in [1.29, 1.82) is 0 Å². The van der Waals surface area contributed by atoms with Gasteiger partial charge in [-0.2, -0.15) is 0 Å². The van der Waals surface area contributed by atoms with Crippen LogP contribution in [0.25, 0.3) is 5.70 Å². The molecule has 0 aliphatic heterocycles. The highest BCUT2D eigenvalue weighted by atomic mass is 19.1. The molecular weight excluding hydrogens is 427 g/mol. The minimum atomic E-state index is -0.690. The maximum Gasteiger partial charge on any atom is 0.407 e. The summed E-state index contributed by atoms with van der Waals surface area (Å²) in [6, 6.07) is 5.83. The fourth-order valence-corrected chi connectivity index (χ4v) is 3.60. The molecule has 33 heavy (non-hydrogen) atoms.